The van der Waals surface area contributed by atoms with Crippen LogP contribution in [0.5, 0.6) is 0 Å². The Morgan fingerprint density at radius 1 is 1.08 bits per heavy atom. The molecule has 1 aliphatic carbocycles. The zero-order valence-corrected chi connectivity index (χ0v) is 14.2. The summed E-state index contributed by atoms with van der Waals surface area (Å²) in [5.74, 6) is 0. The molecule has 0 saturated carbocycles. The molecule has 24 heavy (non-hydrogen) atoms. The average molecular weight is 346 g/mol. The molecule has 0 amide bonds. The first-order valence-corrected chi connectivity index (χ1v) is 9.56. The van der Waals surface area contributed by atoms with Crippen molar-refractivity contribution < 1.29 is 13.5 Å². The number of hydrogen-bond acceptors (Lipinski definition) is 4. The molecule has 1 aliphatic rings. The lowest BCUT2D eigenvalue weighted by Crippen LogP contribution is -2.27. The van der Waals surface area contributed by atoms with E-state index in [-0.39, 0.29) is 24.1 Å². The highest BCUT2D eigenvalue weighted by atomic mass is 32.2. The Hall–Kier alpha value is -1.73. The molecule has 0 aliphatic heterocycles. The third kappa shape index (κ3) is 3.67. The molecule has 0 fully saturated rings. The Bertz CT molecular complexity index is 817. The number of aryl methyl sites for hydroxylation is 1. The summed E-state index contributed by atoms with van der Waals surface area (Å²) in [5.41, 5.74) is 10.7. The number of hydrogen-bond donors (Lipinski definition) is 3. The van der Waals surface area contributed by atoms with Crippen LogP contribution in [0.3, 0.4) is 0 Å². The van der Waals surface area contributed by atoms with E-state index in [4.69, 9.17) is 10.8 Å². The second kappa shape index (κ2) is 7.03. The molecule has 1 unspecified atom stereocenters. The Balaban J connectivity index is 1.84. The molecule has 0 spiro atoms. The zero-order chi connectivity index (χ0) is 17.2. The molecule has 2 aromatic rings. The summed E-state index contributed by atoms with van der Waals surface area (Å²) >= 11 is 0. The third-order valence-electron chi connectivity index (χ3n) is 4.37. The van der Waals surface area contributed by atoms with Crippen LogP contribution in [0.1, 0.15) is 17.5 Å². The summed E-state index contributed by atoms with van der Waals surface area (Å²) in [6.45, 7) is -0.215. The summed E-state index contributed by atoms with van der Waals surface area (Å²) in [6, 6.07) is 13.4. The van der Waals surface area contributed by atoms with Crippen LogP contribution in [0.15, 0.2) is 47.4 Å². The maximum absolute atomic E-state index is 12.0. The fraction of sp³-hybridized carbons (Fsp3) is 0.333. The van der Waals surface area contributed by atoms with Gasteiger partial charge in [-0.3, -0.25) is 0 Å². The molecule has 0 heterocycles. The van der Waals surface area contributed by atoms with Crippen LogP contribution < -0.4 is 10.5 Å². The average Bonchev–Trinajstić information content (AvgIpc) is 2.59. The fourth-order valence-electron chi connectivity index (χ4n) is 3.05. The fourth-order valence-corrected chi connectivity index (χ4v) is 4.07. The maximum Gasteiger partial charge on any atom is 0.240 e. The van der Waals surface area contributed by atoms with Crippen molar-refractivity contribution in [3.05, 3.63) is 53.6 Å². The summed E-state index contributed by atoms with van der Waals surface area (Å²) in [6.07, 6.45) is 2.91. The lowest BCUT2D eigenvalue weighted by molar-refractivity contribution is 0.301. The predicted octanol–water partition coefficient (Wildman–Crippen LogP) is 1.44. The number of nitrogens with one attached hydrogen (secondary N) is 1. The van der Waals surface area contributed by atoms with Crippen molar-refractivity contribution >= 4 is 10.0 Å². The van der Waals surface area contributed by atoms with Gasteiger partial charge >= 0.3 is 0 Å². The van der Waals surface area contributed by atoms with Gasteiger partial charge in [0, 0.05) is 12.6 Å². The molecule has 4 N–H and O–H groups in total. The minimum atomic E-state index is -3.57. The predicted molar refractivity (Wildman–Crippen MR) is 94.2 cm³/mol. The molecule has 0 saturated heterocycles. The Kier molecular flexibility index (Phi) is 5.01. The third-order valence-corrected chi connectivity index (χ3v) is 5.85. The highest BCUT2D eigenvalue weighted by Crippen LogP contribution is 2.27. The summed E-state index contributed by atoms with van der Waals surface area (Å²) in [7, 11) is -3.57. The minimum absolute atomic E-state index is 0.0110. The van der Waals surface area contributed by atoms with Crippen LogP contribution >= 0.6 is 0 Å². The molecule has 0 radical (unpaired) electrons. The van der Waals surface area contributed by atoms with Gasteiger partial charge in [0.1, 0.15) is 0 Å². The first-order valence-electron chi connectivity index (χ1n) is 8.08. The van der Waals surface area contributed by atoms with Crippen LogP contribution in [0.25, 0.3) is 11.1 Å². The van der Waals surface area contributed by atoms with Gasteiger partial charge in [0.15, 0.2) is 0 Å². The molecule has 0 bridgehead atoms. The van der Waals surface area contributed by atoms with E-state index in [1.54, 1.807) is 12.1 Å². The van der Waals surface area contributed by atoms with Crippen LogP contribution in [-0.4, -0.2) is 32.7 Å². The maximum atomic E-state index is 12.0. The second-order valence-corrected chi connectivity index (χ2v) is 7.90. The number of rotatable bonds is 5. The molecule has 5 nitrogen and oxygen atoms in total. The second-order valence-electron chi connectivity index (χ2n) is 6.13. The van der Waals surface area contributed by atoms with Gasteiger partial charge in [-0.1, -0.05) is 30.3 Å². The highest BCUT2D eigenvalue weighted by molar-refractivity contribution is 7.89. The SMILES string of the molecule is NC1CCc2cc(-c3ccc(S(=O)(=O)NCCO)cc3)ccc2C1. The van der Waals surface area contributed by atoms with Gasteiger partial charge in [-0.05, 0) is 53.6 Å². The van der Waals surface area contributed by atoms with Crippen molar-refractivity contribution in [3.63, 3.8) is 0 Å². The zero-order valence-electron chi connectivity index (χ0n) is 13.4. The topological polar surface area (TPSA) is 92.4 Å². The van der Waals surface area contributed by atoms with E-state index in [1.807, 2.05) is 12.1 Å². The first-order chi connectivity index (χ1) is 11.5. The van der Waals surface area contributed by atoms with Gasteiger partial charge in [0.25, 0.3) is 0 Å². The molecule has 3 rings (SSSR count). The van der Waals surface area contributed by atoms with Crippen LogP contribution in [0, 0.1) is 0 Å². The number of aliphatic hydroxyl groups is 1. The van der Waals surface area contributed by atoms with E-state index in [1.165, 1.54) is 11.1 Å². The van der Waals surface area contributed by atoms with Crippen molar-refractivity contribution in [2.45, 2.75) is 30.2 Å². The van der Waals surface area contributed by atoms with Gasteiger partial charge < -0.3 is 10.8 Å². The number of benzene rings is 2. The van der Waals surface area contributed by atoms with Gasteiger partial charge in [-0.25, -0.2) is 13.1 Å². The summed E-state index contributed by atoms with van der Waals surface area (Å²) < 4.78 is 26.4. The van der Waals surface area contributed by atoms with E-state index in [2.05, 4.69) is 22.9 Å². The molecular weight excluding hydrogens is 324 g/mol. The van der Waals surface area contributed by atoms with Gasteiger partial charge in [-0.2, -0.15) is 0 Å². The van der Waals surface area contributed by atoms with Gasteiger partial charge in [-0.15, -0.1) is 0 Å². The standard InChI is InChI=1S/C18H22N2O3S/c19-17-6-3-15-11-14(1-2-16(15)12-17)13-4-7-18(8-5-13)24(22,23)20-9-10-21/h1-2,4-5,7-8,11,17,20-21H,3,6,9-10,12,19H2. The summed E-state index contributed by atoms with van der Waals surface area (Å²) in [4.78, 5) is 0.198. The van der Waals surface area contributed by atoms with E-state index < -0.39 is 10.0 Å². The van der Waals surface area contributed by atoms with Gasteiger partial charge in [0.2, 0.25) is 10.0 Å². The van der Waals surface area contributed by atoms with E-state index in [0.717, 1.165) is 30.4 Å². The number of sulfonamides is 1. The van der Waals surface area contributed by atoms with Crippen LogP contribution in [0.4, 0.5) is 0 Å². The summed E-state index contributed by atoms with van der Waals surface area (Å²) in [5, 5.41) is 8.75. The molecule has 6 heteroatoms. The molecular formula is C18H22N2O3S. The van der Waals surface area contributed by atoms with Crippen molar-refractivity contribution in [1.82, 2.24) is 4.72 Å². The van der Waals surface area contributed by atoms with E-state index >= 15 is 0 Å². The number of aliphatic hydroxyl groups excluding tert-OH is 1. The molecule has 0 aromatic heterocycles. The Morgan fingerprint density at radius 3 is 2.50 bits per heavy atom. The number of nitrogens with two attached hydrogens (primary N) is 1. The van der Waals surface area contributed by atoms with E-state index in [0.29, 0.717) is 0 Å². The monoisotopic (exact) mass is 346 g/mol. The lowest BCUT2D eigenvalue weighted by atomic mass is 9.87. The number of fused-ring (bicyclic) bond motifs is 1. The quantitative estimate of drug-likeness (QED) is 0.764. The highest BCUT2D eigenvalue weighted by Gasteiger charge is 2.16. The molecule has 2 aromatic carbocycles. The lowest BCUT2D eigenvalue weighted by Gasteiger charge is -2.22. The van der Waals surface area contributed by atoms with Crippen molar-refractivity contribution in [1.29, 1.82) is 0 Å². The smallest absolute Gasteiger partial charge is 0.240 e. The van der Waals surface area contributed by atoms with E-state index in [9.17, 15) is 8.42 Å². The Labute approximate surface area is 142 Å². The minimum Gasteiger partial charge on any atom is -0.395 e. The molecule has 128 valence electrons. The normalized spacial score (nSPS) is 17.5. The largest absolute Gasteiger partial charge is 0.395 e. The van der Waals surface area contributed by atoms with Crippen LogP contribution in [-0.2, 0) is 22.9 Å². The Morgan fingerprint density at radius 2 is 1.79 bits per heavy atom. The molecule has 1 atom stereocenters. The van der Waals surface area contributed by atoms with Crippen molar-refractivity contribution in [3.8, 4) is 11.1 Å². The van der Waals surface area contributed by atoms with Crippen molar-refractivity contribution in [2.24, 2.45) is 5.73 Å². The van der Waals surface area contributed by atoms with Gasteiger partial charge in [0.05, 0.1) is 11.5 Å². The van der Waals surface area contributed by atoms with Crippen LogP contribution in [0.2, 0.25) is 0 Å². The first kappa shape index (κ1) is 17.1. The van der Waals surface area contributed by atoms with Crippen molar-refractivity contribution in [2.75, 3.05) is 13.2 Å².